The van der Waals surface area contributed by atoms with E-state index in [-0.39, 0.29) is 18.0 Å². The Labute approximate surface area is 219 Å². The number of anilines is 1. The van der Waals surface area contributed by atoms with E-state index in [4.69, 9.17) is 0 Å². The van der Waals surface area contributed by atoms with Crippen molar-refractivity contribution in [3.8, 4) is 0 Å². The lowest BCUT2D eigenvalue weighted by Crippen LogP contribution is -2.47. The van der Waals surface area contributed by atoms with Crippen LogP contribution in [0.5, 0.6) is 0 Å². The number of amides is 3. The lowest BCUT2D eigenvalue weighted by Gasteiger charge is -2.30. The Morgan fingerprint density at radius 3 is 2.29 bits per heavy atom. The molecule has 1 aliphatic rings. The van der Waals surface area contributed by atoms with Gasteiger partial charge in [-0.1, -0.05) is 51.7 Å². The number of pyridine rings is 1. The Bertz CT molecular complexity index is 975. The van der Waals surface area contributed by atoms with Crippen LogP contribution in [0.15, 0.2) is 40.3 Å². The first kappa shape index (κ1) is 27.6. The molecule has 0 atom stereocenters. The average Bonchev–Trinajstić information content (AvgIpc) is 3.13. The van der Waals surface area contributed by atoms with E-state index in [0.29, 0.717) is 17.2 Å². The minimum absolute atomic E-state index is 0.0977. The van der Waals surface area contributed by atoms with Gasteiger partial charge in [-0.05, 0) is 74.8 Å². The molecule has 1 saturated carbocycles. The number of urea groups is 1. The third kappa shape index (κ3) is 7.50. The molecule has 1 heterocycles. The SMILES string of the molecule is CSc1cc(C)nc(SC)c1NC(=O)N(C(=O)c1ccc(CCC(C)C)cc1)C1CCCCCC1. The summed E-state index contributed by atoms with van der Waals surface area (Å²) < 4.78 is 0. The molecule has 1 fully saturated rings. The molecule has 2 aromatic rings. The van der Waals surface area contributed by atoms with E-state index in [2.05, 4.69) is 24.1 Å². The fourth-order valence-corrected chi connectivity index (χ4v) is 5.86. The van der Waals surface area contributed by atoms with Gasteiger partial charge in [0.05, 0.1) is 5.69 Å². The highest BCUT2D eigenvalue weighted by atomic mass is 32.2. The van der Waals surface area contributed by atoms with Crippen molar-refractivity contribution in [1.82, 2.24) is 9.88 Å². The predicted molar refractivity (Wildman–Crippen MR) is 149 cm³/mol. The summed E-state index contributed by atoms with van der Waals surface area (Å²) in [6.45, 7) is 6.39. The molecule has 190 valence electrons. The summed E-state index contributed by atoms with van der Waals surface area (Å²) in [7, 11) is 0. The Morgan fingerprint density at radius 1 is 1.06 bits per heavy atom. The second-order valence-corrected chi connectivity index (χ2v) is 11.4. The minimum atomic E-state index is -0.359. The summed E-state index contributed by atoms with van der Waals surface area (Å²) in [5.41, 5.74) is 3.39. The monoisotopic (exact) mass is 513 g/mol. The van der Waals surface area contributed by atoms with Crippen LogP contribution in [0, 0.1) is 12.8 Å². The third-order valence-electron chi connectivity index (χ3n) is 6.56. The fraction of sp³-hybridized carbons (Fsp3) is 0.536. The topological polar surface area (TPSA) is 62.3 Å². The highest BCUT2D eigenvalue weighted by Gasteiger charge is 2.32. The van der Waals surface area contributed by atoms with Crippen molar-refractivity contribution in [2.45, 2.75) is 88.1 Å². The zero-order chi connectivity index (χ0) is 25.4. The first-order chi connectivity index (χ1) is 16.8. The van der Waals surface area contributed by atoms with Gasteiger partial charge in [-0.25, -0.2) is 9.78 Å². The first-order valence-electron chi connectivity index (χ1n) is 12.7. The van der Waals surface area contributed by atoms with Crippen molar-refractivity contribution >= 4 is 41.1 Å². The van der Waals surface area contributed by atoms with Gasteiger partial charge in [0.2, 0.25) is 0 Å². The normalized spacial score (nSPS) is 14.6. The van der Waals surface area contributed by atoms with Crippen LogP contribution in [-0.4, -0.2) is 40.4 Å². The predicted octanol–water partition coefficient (Wildman–Crippen LogP) is 7.82. The molecule has 0 unspecified atom stereocenters. The number of imide groups is 1. The zero-order valence-corrected chi connectivity index (χ0v) is 23.4. The fourth-order valence-electron chi connectivity index (χ4n) is 4.55. The first-order valence-corrected chi connectivity index (χ1v) is 15.1. The summed E-state index contributed by atoms with van der Waals surface area (Å²) in [5, 5.41) is 3.85. The van der Waals surface area contributed by atoms with Gasteiger partial charge in [-0.3, -0.25) is 9.69 Å². The molecule has 0 radical (unpaired) electrons. The number of nitrogens with zero attached hydrogens (tertiary/aromatic N) is 2. The molecule has 3 rings (SSSR count). The van der Waals surface area contributed by atoms with E-state index in [1.165, 1.54) is 22.2 Å². The van der Waals surface area contributed by atoms with Crippen LogP contribution in [0.1, 0.15) is 80.4 Å². The number of thioether (sulfide) groups is 2. The van der Waals surface area contributed by atoms with Gasteiger partial charge >= 0.3 is 6.03 Å². The average molecular weight is 514 g/mol. The largest absolute Gasteiger partial charge is 0.329 e. The molecule has 5 nitrogen and oxygen atoms in total. The quantitative estimate of drug-likeness (QED) is 0.288. The summed E-state index contributed by atoms with van der Waals surface area (Å²) >= 11 is 3.08. The Kier molecular flexibility index (Phi) is 10.5. The number of hydrogen-bond donors (Lipinski definition) is 1. The maximum Gasteiger partial charge on any atom is 0.329 e. The van der Waals surface area contributed by atoms with Crippen LogP contribution < -0.4 is 5.32 Å². The number of carbonyl (C=O) groups excluding carboxylic acids is 2. The van der Waals surface area contributed by atoms with Gasteiger partial charge in [0, 0.05) is 22.2 Å². The maximum atomic E-state index is 13.8. The van der Waals surface area contributed by atoms with Gasteiger partial charge in [-0.15, -0.1) is 23.5 Å². The molecular weight excluding hydrogens is 474 g/mol. The van der Waals surface area contributed by atoms with E-state index in [1.807, 2.05) is 49.8 Å². The summed E-state index contributed by atoms with van der Waals surface area (Å²) in [5.74, 6) is 0.417. The van der Waals surface area contributed by atoms with E-state index in [9.17, 15) is 9.59 Å². The molecule has 0 aliphatic heterocycles. The van der Waals surface area contributed by atoms with Crippen LogP contribution in [-0.2, 0) is 6.42 Å². The van der Waals surface area contributed by atoms with Gasteiger partial charge in [0.15, 0.2) is 0 Å². The second kappa shape index (κ2) is 13.4. The molecule has 1 aromatic heterocycles. The lowest BCUT2D eigenvalue weighted by atomic mass is 10.0. The Morgan fingerprint density at radius 2 is 1.71 bits per heavy atom. The van der Waals surface area contributed by atoms with Gasteiger partial charge in [0.1, 0.15) is 5.03 Å². The van der Waals surface area contributed by atoms with E-state index in [1.54, 1.807) is 11.8 Å². The highest BCUT2D eigenvalue weighted by molar-refractivity contribution is 7.99. The van der Waals surface area contributed by atoms with Crippen molar-refractivity contribution in [3.63, 3.8) is 0 Å². The minimum Gasteiger partial charge on any atom is -0.304 e. The van der Waals surface area contributed by atoms with Crippen molar-refractivity contribution in [1.29, 1.82) is 0 Å². The van der Waals surface area contributed by atoms with E-state index in [0.717, 1.165) is 67.0 Å². The molecule has 0 spiro atoms. The Balaban J connectivity index is 1.90. The lowest BCUT2D eigenvalue weighted by molar-refractivity contribution is 0.0743. The molecule has 0 saturated heterocycles. The number of nitrogens with one attached hydrogen (secondary N) is 1. The molecule has 7 heteroatoms. The molecule has 1 aliphatic carbocycles. The van der Waals surface area contributed by atoms with Crippen LogP contribution in [0.2, 0.25) is 0 Å². The highest BCUT2D eigenvalue weighted by Crippen LogP contribution is 2.34. The number of aromatic nitrogens is 1. The number of rotatable bonds is 8. The van der Waals surface area contributed by atoms with Crippen LogP contribution >= 0.6 is 23.5 Å². The number of hydrogen-bond acceptors (Lipinski definition) is 5. The van der Waals surface area contributed by atoms with Crippen LogP contribution in [0.4, 0.5) is 10.5 Å². The standard InChI is InChI=1S/C28H39N3O2S2/c1-19(2)12-13-21-14-16-22(17-15-21)27(32)31(23-10-8-6-7-9-11-23)28(33)30-25-24(34-4)18-20(3)29-26(25)35-5/h14-19,23H,6-13H2,1-5H3,(H,30,33). The van der Waals surface area contributed by atoms with Crippen molar-refractivity contribution < 1.29 is 9.59 Å². The van der Waals surface area contributed by atoms with Crippen LogP contribution in [0.25, 0.3) is 0 Å². The van der Waals surface area contributed by atoms with Gasteiger partial charge in [-0.2, -0.15) is 0 Å². The van der Waals surface area contributed by atoms with Crippen molar-refractivity contribution in [2.75, 3.05) is 17.8 Å². The summed E-state index contributed by atoms with van der Waals surface area (Å²) in [6, 6.07) is 9.34. The molecule has 1 aromatic carbocycles. The maximum absolute atomic E-state index is 13.8. The van der Waals surface area contributed by atoms with E-state index >= 15 is 0 Å². The second-order valence-electron chi connectivity index (χ2n) is 9.73. The van der Waals surface area contributed by atoms with Gasteiger partial charge in [0.25, 0.3) is 5.91 Å². The van der Waals surface area contributed by atoms with Crippen molar-refractivity contribution in [3.05, 3.63) is 47.2 Å². The number of aryl methyl sites for hydroxylation is 2. The molecule has 0 bridgehead atoms. The number of carbonyl (C=O) groups is 2. The molecule has 35 heavy (non-hydrogen) atoms. The molecule has 1 N–H and O–H groups in total. The smallest absolute Gasteiger partial charge is 0.304 e. The summed E-state index contributed by atoms with van der Waals surface area (Å²) in [6.07, 6.45) is 12.1. The molecule has 3 amide bonds. The summed E-state index contributed by atoms with van der Waals surface area (Å²) in [4.78, 5) is 34.6. The number of benzene rings is 1. The van der Waals surface area contributed by atoms with Crippen LogP contribution in [0.3, 0.4) is 0 Å². The van der Waals surface area contributed by atoms with Gasteiger partial charge < -0.3 is 5.32 Å². The third-order valence-corrected chi connectivity index (χ3v) is 8.01. The zero-order valence-electron chi connectivity index (χ0n) is 21.7. The van der Waals surface area contributed by atoms with Crippen molar-refractivity contribution in [2.24, 2.45) is 5.92 Å². The Hall–Kier alpha value is -1.99. The van der Waals surface area contributed by atoms with E-state index < -0.39 is 0 Å². The molecular formula is C28H39N3O2S2.